The van der Waals surface area contributed by atoms with Gasteiger partial charge in [-0.2, -0.15) is 0 Å². The van der Waals surface area contributed by atoms with Crippen molar-refractivity contribution in [2.75, 3.05) is 45.9 Å². The SMILES string of the molecule is CCOC(=O)CCCCCCN1CCN(C(=O)[C@@H](N)CCCN=C(N)N[N+](=O)[O-])CC1. The summed E-state index contributed by atoms with van der Waals surface area (Å²) < 4.78 is 4.92. The van der Waals surface area contributed by atoms with Crippen LogP contribution in [-0.4, -0.2) is 84.6 Å². The van der Waals surface area contributed by atoms with Gasteiger partial charge < -0.3 is 21.1 Å². The minimum absolute atomic E-state index is 0.0704. The third-order valence-corrected chi connectivity index (χ3v) is 5.07. The second-order valence-corrected chi connectivity index (χ2v) is 7.52. The Morgan fingerprint density at radius 3 is 2.48 bits per heavy atom. The number of rotatable bonds is 14. The molecule has 12 heteroatoms. The monoisotopic (exact) mass is 443 g/mol. The van der Waals surface area contributed by atoms with Crippen LogP contribution in [0.2, 0.25) is 0 Å². The van der Waals surface area contributed by atoms with Crippen molar-refractivity contribution >= 4 is 17.8 Å². The van der Waals surface area contributed by atoms with Crippen LogP contribution in [0.3, 0.4) is 0 Å². The predicted octanol–water partition coefficient (Wildman–Crippen LogP) is -0.152. The van der Waals surface area contributed by atoms with Crippen molar-refractivity contribution in [2.45, 2.75) is 57.9 Å². The number of piperazine rings is 1. The first-order valence-electron chi connectivity index (χ1n) is 11.0. The molecule has 0 aromatic heterocycles. The Hall–Kier alpha value is -2.47. The summed E-state index contributed by atoms with van der Waals surface area (Å²) in [5.41, 5.74) is 13.1. The van der Waals surface area contributed by atoms with E-state index >= 15 is 0 Å². The molecular formula is C19H37N7O5. The molecule has 0 unspecified atom stereocenters. The second kappa shape index (κ2) is 15.3. The zero-order valence-electron chi connectivity index (χ0n) is 18.5. The van der Waals surface area contributed by atoms with Crippen LogP contribution in [0.5, 0.6) is 0 Å². The molecule has 0 saturated carbocycles. The highest BCUT2D eigenvalue weighted by Gasteiger charge is 2.24. The predicted molar refractivity (Wildman–Crippen MR) is 117 cm³/mol. The van der Waals surface area contributed by atoms with Gasteiger partial charge in [0.15, 0.2) is 5.03 Å². The molecule has 1 aliphatic heterocycles. The topological polar surface area (TPSA) is 169 Å². The first kappa shape index (κ1) is 26.6. The van der Waals surface area contributed by atoms with Crippen molar-refractivity contribution in [3.63, 3.8) is 0 Å². The average molecular weight is 444 g/mol. The number of hydrogen-bond donors (Lipinski definition) is 3. The van der Waals surface area contributed by atoms with Gasteiger partial charge in [0, 0.05) is 39.1 Å². The molecule has 1 aliphatic rings. The fraction of sp³-hybridized carbons (Fsp3) is 0.842. The van der Waals surface area contributed by atoms with Gasteiger partial charge in [-0.05, 0) is 39.2 Å². The summed E-state index contributed by atoms with van der Waals surface area (Å²) in [4.78, 5) is 42.0. The quantitative estimate of drug-likeness (QED) is 0.0824. The zero-order valence-corrected chi connectivity index (χ0v) is 18.5. The number of nitro groups is 1. The van der Waals surface area contributed by atoms with E-state index in [1.54, 1.807) is 10.3 Å². The highest BCUT2D eigenvalue weighted by atomic mass is 16.7. The van der Waals surface area contributed by atoms with Crippen LogP contribution >= 0.6 is 0 Å². The lowest BCUT2D eigenvalue weighted by atomic mass is 10.1. The van der Waals surface area contributed by atoms with E-state index in [-0.39, 0.29) is 24.4 Å². The third-order valence-electron chi connectivity index (χ3n) is 5.07. The van der Waals surface area contributed by atoms with Crippen LogP contribution in [0.25, 0.3) is 0 Å². The number of nitrogens with one attached hydrogen (secondary N) is 1. The van der Waals surface area contributed by atoms with Crippen molar-refractivity contribution in [2.24, 2.45) is 16.5 Å². The lowest BCUT2D eigenvalue weighted by Gasteiger charge is -2.36. The minimum Gasteiger partial charge on any atom is -0.466 e. The van der Waals surface area contributed by atoms with Crippen LogP contribution in [0.15, 0.2) is 4.99 Å². The number of amides is 1. The van der Waals surface area contributed by atoms with Crippen molar-refractivity contribution in [3.05, 3.63) is 10.1 Å². The Labute approximate surface area is 183 Å². The highest BCUT2D eigenvalue weighted by molar-refractivity contribution is 5.81. The summed E-state index contributed by atoms with van der Waals surface area (Å²) in [6.45, 7) is 6.48. The molecular weight excluding hydrogens is 406 g/mol. The fourth-order valence-corrected chi connectivity index (χ4v) is 3.38. The van der Waals surface area contributed by atoms with E-state index in [4.69, 9.17) is 16.2 Å². The highest BCUT2D eigenvalue weighted by Crippen LogP contribution is 2.09. The third kappa shape index (κ3) is 12.1. The number of carbonyl (C=O) groups excluding carboxylic acids is 2. The molecule has 12 nitrogen and oxygen atoms in total. The van der Waals surface area contributed by atoms with E-state index in [0.29, 0.717) is 39.0 Å². The molecule has 0 spiro atoms. The molecule has 1 atom stereocenters. The number of nitrogens with two attached hydrogens (primary N) is 2. The van der Waals surface area contributed by atoms with Gasteiger partial charge in [-0.25, -0.2) is 15.1 Å². The summed E-state index contributed by atoms with van der Waals surface area (Å²) in [6, 6.07) is -0.606. The van der Waals surface area contributed by atoms with E-state index in [1.807, 2.05) is 6.92 Å². The number of unbranched alkanes of at least 4 members (excludes halogenated alkanes) is 3. The Kier molecular flexibility index (Phi) is 13.2. The van der Waals surface area contributed by atoms with Gasteiger partial charge in [0.25, 0.3) is 5.96 Å². The minimum atomic E-state index is -0.778. The molecule has 1 heterocycles. The normalized spacial score (nSPS) is 16.1. The number of hydrogen-bond acceptors (Lipinski definition) is 8. The van der Waals surface area contributed by atoms with Crippen LogP contribution in [0.4, 0.5) is 0 Å². The summed E-state index contributed by atoms with van der Waals surface area (Å²) in [5, 5.41) is 9.45. The van der Waals surface area contributed by atoms with Gasteiger partial charge in [0.05, 0.1) is 12.6 Å². The molecule has 1 amide bonds. The maximum Gasteiger partial charge on any atom is 0.305 e. The fourth-order valence-electron chi connectivity index (χ4n) is 3.38. The molecule has 5 N–H and O–H groups in total. The van der Waals surface area contributed by atoms with Gasteiger partial charge in [-0.3, -0.25) is 14.5 Å². The molecule has 0 aliphatic carbocycles. The Bertz CT molecular complexity index is 594. The largest absolute Gasteiger partial charge is 0.466 e. The van der Waals surface area contributed by atoms with E-state index in [2.05, 4.69) is 9.89 Å². The summed E-state index contributed by atoms with van der Waals surface area (Å²) >= 11 is 0. The number of carbonyl (C=O) groups is 2. The van der Waals surface area contributed by atoms with Crippen molar-refractivity contribution < 1.29 is 19.4 Å². The van der Waals surface area contributed by atoms with E-state index < -0.39 is 11.1 Å². The number of aliphatic imine (C=N–C) groups is 1. The van der Waals surface area contributed by atoms with Crippen molar-refractivity contribution in [1.82, 2.24) is 15.2 Å². The lowest BCUT2D eigenvalue weighted by Crippen LogP contribution is -2.53. The first-order valence-corrected chi connectivity index (χ1v) is 11.0. The van der Waals surface area contributed by atoms with Gasteiger partial charge in [-0.1, -0.05) is 18.3 Å². The molecule has 0 aromatic rings. The molecule has 1 rings (SSSR count). The van der Waals surface area contributed by atoms with Crippen LogP contribution in [-0.2, 0) is 14.3 Å². The van der Waals surface area contributed by atoms with E-state index in [9.17, 15) is 19.7 Å². The molecule has 0 bridgehead atoms. The number of guanidine groups is 1. The van der Waals surface area contributed by atoms with Crippen LogP contribution < -0.4 is 16.9 Å². The molecule has 31 heavy (non-hydrogen) atoms. The lowest BCUT2D eigenvalue weighted by molar-refractivity contribution is -0.525. The molecule has 0 radical (unpaired) electrons. The molecule has 1 fully saturated rings. The van der Waals surface area contributed by atoms with Crippen molar-refractivity contribution in [1.29, 1.82) is 0 Å². The first-order chi connectivity index (χ1) is 14.8. The van der Waals surface area contributed by atoms with Crippen molar-refractivity contribution in [3.8, 4) is 0 Å². The molecule has 0 aromatic carbocycles. The summed E-state index contributed by atoms with van der Waals surface area (Å²) in [6.07, 6.45) is 5.49. The number of ether oxygens (including phenoxy) is 1. The van der Waals surface area contributed by atoms with Gasteiger partial charge in [0.2, 0.25) is 5.91 Å². The Morgan fingerprint density at radius 1 is 1.16 bits per heavy atom. The maximum atomic E-state index is 12.5. The second-order valence-electron chi connectivity index (χ2n) is 7.52. The average Bonchev–Trinajstić information content (AvgIpc) is 2.73. The van der Waals surface area contributed by atoms with Gasteiger partial charge in [0.1, 0.15) is 0 Å². The smallest absolute Gasteiger partial charge is 0.305 e. The van der Waals surface area contributed by atoms with Gasteiger partial charge >= 0.3 is 5.97 Å². The van der Waals surface area contributed by atoms with Gasteiger partial charge in [-0.15, -0.1) is 0 Å². The summed E-state index contributed by atoms with van der Waals surface area (Å²) in [5.74, 6) is -0.454. The van der Waals surface area contributed by atoms with E-state index in [0.717, 1.165) is 45.3 Å². The number of nitrogens with zero attached hydrogens (tertiary/aromatic N) is 4. The summed E-state index contributed by atoms with van der Waals surface area (Å²) in [7, 11) is 0. The molecule has 1 saturated heterocycles. The number of hydrazine groups is 1. The van der Waals surface area contributed by atoms with Crippen LogP contribution in [0.1, 0.15) is 51.9 Å². The standard InChI is InChI=1S/C19H37N7O5/c1-2-31-17(27)9-5-3-4-6-11-24-12-14-25(15-13-24)18(28)16(20)8-7-10-22-19(21)23-26(29)30/h16H,2-15,20H2,1H3,(H3,21,22,23)/t16-/m0/s1. The number of esters is 1. The zero-order chi connectivity index (χ0) is 23.1. The Morgan fingerprint density at radius 2 is 1.84 bits per heavy atom. The molecule has 178 valence electrons. The van der Waals surface area contributed by atoms with E-state index in [1.165, 1.54) is 0 Å². The maximum absolute atomic E-state index is 12.5. The Balaban J connectivity index is 2.13. The van der Waals surface area contributed by atoms with Crippen LogP contribution in [0, 0.1) is 10.1 Å².